The summed E-state index contributed by atoms with van der Waals surface area (Å²) in [4.78, 5) is 30.3. The maximum absolute atomic E-state index is 12.7. The number of carbonyl (C=O) groups is 2. The third-order valence-electron chi connectivity index (χ3n) is 4.78. The first-order valence-corrected chi connectivity index (χ1v) is 12.8. The Bertz CT molecular complexity index is 1340. The van der Waals surface area contributed by atoms with Gasteiger partial charge in [-0.3, -0.25) is 0 Å². The van der Waals surface area contributed by atoms with Crippen molar-refractivity contribution in [3.63, 3.8) is 0 Å². The molecule has 36 heavy (non-hydrogen) atoms. The molecule has 10 heteroatoms. The second-order valence-electron chi connectivity index (χ2n) is 8.57. The van der Waals surface area contributed by atoms with E-state index in [4.69, 9.17) is 14.2 Å². The van der Waals surface area contributed by atoms with Crippen molar-refractivity contribution in [2.75, 3.05) is 19.0 Å². The number of methoxy groups -OCH3 is 1. The van der Waals surface area contributed by atoms with Gasteiger partial charge in [-0.25, -0.2) is 14.6 Å². The molecule has 0 saturated heterocycles. The van der Waals surface area contributed by atoms with Gasteiger partial charge < -0.3 is 19.5 Å². The fourth-order valence-corrected chi connectivity index (χ4v) is 5.01. The number of nitrogens with one attached hydrogen (secondary N) is 1. The predicted octanol–water partition coefficient (Wildman–Crippen LogP) is 6.30. The van der Waals surface area contributed by atoms with Gasteiger partial charge >= 0.3 is 11.9 Å². The lowest BCUT2D eigenvalue weighted by Crippen LogP contribution is -2.23. The van der Waals surface area contributed by atoms with Gasteiger partial charge in [0.25, 0.3) is 0 Å². The van der Waals surface area contributed by atoms with E-state index in [0.29, 0.717) is 27.0 Å². The minimum Gasteiger partial charge on any atom is -0.497 e. The van der Waals surface area contributed by atoms with Crippen LogP contribution in [0.1, 0.15) is 58.3 Å². The fourth-order valence-electron chi connectivity index (χ4n) is 3.18. The molecule has 0 aliphatic heterocycles. The maximum atomic E-state index is 12.7. The van der Waals surface area contributed by atoms with Crippen LogP contribution in [0.3, 0.4) is 0 Å². The van der Waals surface area contributed by atoms with Crippen LogP contribution in [-0.2, 0) is 9.47 Å². The fraction of sp³-hybridized carbons (Fsp3) is 0.308. The Hall–Kier alpha value is -3.68. The summed E-state index contributed by atoms with van der Waals surface area (Å²) < 4.78 is 16.0. The number of anilines is 1. The third-order valence-corrected chi connectivity index (χ3v) is 6.86. The molecule has 0 unspecified atom stereocenters. The summed E-state index contributed by atoms with van der Waals surface area (Å²) in [5.74, 6) is -0.388. The summed E-state index contributed by atoms with van der Waals surface area (Å²) in [6, 6.07) is 9.63. The Morgan fingerprint density at radius 1 is 1.25 bits per heavy atom. The molecular weight excluding hydrogens is 498 g/mol. The average Bonchev–Trinajstić information content (AvgIpc) is 3.44. The molecule has 188 valence electrons. The standard InChI is InChI=1S/C26H27N3O5S2/c1-7-33-24(30)20-15(2)21(25(31)34-26(3,4)5)36-23(20)28-13-17(12-27)22-29-19(14-35-22)16-9-8-10-18(11-16)32-6/h8-11,13-14,28H,7H2,1-6H3. The highest BCUT2D eigenvalue weighted by atomic mass is 32.1. The van der Waals surface area contributed by atoms with E-state index in [9.17, 15) is 14.9 Å². The zero-order chi connectivity index (χ0) is 26.5. The van der Waals surface area contributed by atoms with Crippen molar-refractivity contribution in [2.45, 2.75) is 40.2 Å². The lowest BCUT2D eigenvalue weighted by molar-refractivity contribution is 0.00745. The van der Waals surface area contributed by atoms with Crippen LogP contribution in [0.15, 0.2) is 35.8 Å². The van der Waals surface area contributed by atoms with E-state index >= 15 is 0 Å². The van der Waals surface area contributed by atoms with E-state index < -0.39 is 17.5 Å². The summed E-state index contributed by atoms with van der Waals surface area (Å²) in [5, 5.41) is 15.5. The monoisotopic (exact) mass is 525 g/mol. The van der Waals surface area contributed by atoms with Crippen molar-refractivity contribution in [3.8, 4) is 23.1 Å². The number of benzene rings is 1. The van der Waals surface area contributed by atoms with E-state index in [1.807, 2.05) is 29.6 Å². The van der Waals surface area contributed by atoms with E-state index in [1.165, 1.54) is 17.5 Å². The molecule has 3 rings (SSSR count). The first-order valence-electron chi connectivity index (χ1n) is 11.1. The molecule has 8 nitrogen and oxygen atoms in total. The molecule has 3 aromatic rings. The topological polar surface area (TPSA) is 111 Å². The molecule has 0 aliphatic rings. The van der Waals surface area contributed by atoms with Crippen LogP contribution in [0.5, 0.6) is 5.75 Å². The van der Waals surface area contributed by atoms with Crippen LogP contribution >= 0.6 is 22.7 Å². The molecule has 0 bridgehead atoms. The van der Waals surface area contributed by atoms with Crippen molar-refractivity contribution in [1.82, 2.24) is 4.98 Å². The highest BCUT2D eigenvalue weighted by molar-refractivity contribution is 7.18. The van der Waals surface area contributed by atoms with Gasteiger partial charge in [0.05, 0.1) is 25.0 Å². The van der Waals surface area contributed by atoms with Crippen molar-refractivity contribution in [3.05, 3.63) is 56.9 Å². The first-order chi connectivity index (χ1) is 17.1. The molecule has 0 radical (unpaired) electrons. The smallest absolute Gasteiger partial charge is 0.349 e. The number of rotatable bonds is 8. The number of ether oxygens (including phenoxy) is 3. The number of nitrogens with zero attached hydrogens (tertiary/aromatic N) is 2. The average molecular weight is 526 g/mol. The maximum Gasteiger partial charge on any atom is 0.349 e. The highest BCUT2D eigenvalue weighted by Crippen LogP contribution is 2.36. The number of esters is 2. The summed E-state index contributed by atoms with van der Waals surface area (Å²) in [7, 11) is 1.60. The Labute approximate surface area is 218 Å². The van der Waals surface area contributed by atoms with E-state index in [2.05, 4.69) is 16.4 Å². The van der Waals surface area contributed by atoms with Crippen molar-refractivity contribution in [1.29, 1.82) is 5.26 Å². The van der Waals surface area contributed by atoms with Gasteiger partial charge in [-0.15, -0.1) is 22.7 Å². The van der Waals surface area contributed by atoms with Gasteiger partial charge in [0.1, 0.15) is 37.9 Å². The van der Waals surface area contributed by atoms with E-state index in [0.717, 1.165) is 16.9 Å². The van der Waals surface area contributed by atoms with Gasteiger partial charge in [-0.1, -0.05) is 12.1 Å². The Morgan fingerprint density at radius 2 is 2.00 bits per heavy atom. The second kappa shape index (κ2) is 11.4. The molecular formula is C26H27N3O5S2. The minimum atomic E-state index is -0.690. The predicted molar refractivity (Wildman–Crippen MR) is 141 cm³/mol. The summed E-state index contributed by atoms with van der Waals surface area (Å²) >= 11 is 2.39. The number of thiophene rings is 1. The largest absolute Gasteiger partial charge is 0.497 e. The molecule has 0 fully saturated rings. The van der Waals surface area contributed by atoms with Crippen molar-refractivity contribution in [2.24, 2.45) is 0 Å². The molecule has 0 spiro atoms. The molecule has 0 aliphatic carbocycles. The molecule has 0 amide bonds. The van der Waals surface area contributed by atoms with Crippen LogP contribution in [-0.4, -0.2) is 36.2 Å². The van der Waals surface area contributed by atoms with Crippen LogP contribution in [0.25, 0.3) is 16.8 Å². The number of hydrogen-bond donors (Lipinski definition) is 1. The normalized spacial score (nSPS) is 11.5. The van der Waals surface area contributed by atoms with Crippen LogP contribution < -0.4 is 10.1 Å². The number of nitriles is 1. The molecule has 1 N–H and O–H groups in total. The molecule has 0 saturated carbocycles. The van der Waals surface area contributed by atoms with Gasteiger partial charge in [-0.05, 0) is 52.3 Å². The summed E-state index contributed by atoms with van der Waals surface area (Å²) in [6.07, 6.45) is 1.47. The Kier molecular flexibility index (Phi) is 8.50. The molecule has 1 aromatic carbocycles. The zero-order valence-corrected chi connectivity index (χ0v) is 22.6. The number of aromatic nitrogens is 1. The highest BCUT2D eigenvalue weighted by Gasteiger charge is 2.28. The Morgan fingerprint density at radius 3 is 2.64 bits per heavy atom. The SMILES string of the molecule is CCOC(=O)c1c(NC=C(C#N)c2nc(-c3cccc(OC)c3)cs2)sc(C(=O)OC(C)(C)C)c1C. The summed E-state index contributed by atoms with van der Waals surface area (Å²) in [5.41, 5.74) is 1.84. The van der Waals surface area contributed by atoms with Gasteiger partial charge in [0.15, 0.2) is 0 Å². The van der Waals surface area contributed by atoms with Crippen molar-refractivity contribution < 1.29 is 23.8 Å². The number of carbonyl (C=O) groups excluding carboxylic acids is 2. The van der Waals surface area contributed by atoms with Gasteiger partial charge in [-0.2, -0.15) is 5.26 Å². The zero-order valence-electron chi connectivity index (χ0n) is 20.9. The lowest BCUT2D eigenvalue weighted by atomic mass is 10.1. The molecule has 0 atom stereocenters. The summed E-state index contributed by atoms with van der Waals surface area (Å²) in [6.45, 7) is 8.88. The number of thiazole rings is 1. The van der Waals surface area contributed by atoms with Gasteiger partial charge in [0, 0.05) is 17.1 Å². The molecule has 2 heterocycles. The number of allylic oxidation sites excluding steroid dienone is 1. The van der Waals surface area contributed by atoms with E-state index in [-0.39, 0.29) is 22.6 Å². The first kappa shape index (κ1) is 26.9. The minimum absolute atomic E-state index is 0.181. The van der Waals surface area contributed by atoms with E-state index in [1.54, 1.807) is 41.7 Å². The Balaban J connectivity index is 1.94. The van der Waals surface area contributed by atoms with Crippen LogP contribution in [0.4, 0.5) is 5.00 Å². The van der Waals surface area contributed by atoms with Crippen molar-refractivity contribution >= 4 is 45.2 Å². The number of hydrogen-bond acceptors (Lipinski definition) is 10. The van der Waals surface area contributed by atoms with Crippen LogP contribution in [0, 0.1) is 18.3 Å². The quantitative estimate of drug-likeness (QED) is 0.270. The van der Waals surface area contributed by atoms with Gasteiger partial charge in [0.2, 0.25) is 0 Å². The lowest BCUT2D eigenvalue weighted by Gasteiger charge is -2.19. The van der Waals surface area contributed by atoms with Crippen LogP contribution in [0.2, 0.25) is 0 Å². The second-order valence-corrected chi connectivity index (χ2v) is 10.4. The molecule has 2 aromatic heterocycles. The third kappa shape index (κ3) is 6.30.